The summed E-state index contributed by atoms with van der Waals surface area (Å²) in [5.74, 6) is -0.555. The number of allylic oxidation sites excluding steroid dienone is 1. The Labute approximate surface area is 233 Å². The zero-order chi connectivity index (χ0) is 29.5. The summed E-state index contributed by atoms with van der Waals surface area (Å²) in [5.41, 5.74) is 0. The van der Waals surface area contributed by atoms with Gasteiger partial charge in [0, 0.05) is 25.8 Å². The van der Waals surface area contributed by atoms with Crippen LogP contribution in [0.5, 0.6) is 0 Å². The monoisotopic (exact) mass is 555 g/mol. The highest BCUT2D eigenvalue weighted by Crippen LogP contribution is 2.21. The van der Waals surface area contributed by atoms with E-state index in [0.29, 0.717) is 44.6 Å². The summed E-state index contributed by atoms with van der Waals surface area (Å²) >= 11 is 0. The molecule has 1 unspecified atom stereocenters. The fourth-order valence-corrected chi connectivity index (χ4v) is 3.59. The zero-order valence-corrected chi connectivity index (χ0v) is 24.3. The van der Waals surface area contributed by atoms with E-state index in [1.807, 2.05) is 13.8 Å². The molecule has 0 fully saturated rings. The third-order valence-corrected chi connectivity index (χ3v) is 5.84. The van der Waals surface area contributed by atoms with Crippen molar-refractivity contribution in [1.29, 1.82) is 0 Å². The average Bonchev–Trinajstić information content (AvgIpc) is 2.88. The van der Waals surface area contributed by atoms with Gasteiger partial charge in [-0.15, -0.1) is 0 Å². The fourth-order valence-electron chi connectivity index (χ4n) is 3.59. The number of ether oxygens (including phenoxy) is 4. The molecule has 0 aliphatic heterocycles. The maximum atomic E-state index is 12.2. The van der Waals surface area contributed by atoms with Crippen molar-refractivity contribution in [2.45, 2.75) is 91.9 Å². The smallest absolute Gasteiger partial charge is 0.407 e. The summed E-state index contributed by atoms with van der Waals surface area (Å²) in [6, 6.07) is 0. The highest BCUT2D eigenvalue weighted by molar-refractivity contribution is 5.89. The van der Waals surface area contributed by atoms with Crippen molar-refractivity contribution in [3.05, 3.63) is 12.7 Å². The van der Waals surface area contributed by atoms with Crippen molar-refractivity contribution in [2.75, 3.05) is 33.0 Å². The molecule has 0 aliphatic carbocycles. The van der Waals surface area contributed by atoms with E-state index < -0.39 is 6.09 Å². The molecule has 0 aromatic heterocycles. The topological polar surface area (TPSA) is 134 Å². The lowest BCUT2D eigenvalue weighted by Crippen LogP contribution is -2.26. The van der Waals surface area contributed by atoms with Gasteiger partial charge in [-0.2, -0.15) is 0 Å². The highest BCUT2D eigenvalue weighted by atomic mass is 16.6. The van der Waals surface area contributed by atoms with E-state index >= 15 is 0 Å². The number of unbranched alkanes of at least 4 members (excludes halogenated alkanes) is 4. The number of esters is 3. The van der Waals surface area contributed by atoms with Gasteiger partial charge < -0.3 is 24.3 Å². The Balaban J connectivity index is 3.63. The van der Waals surface area contributed by atoms with Crippen molar-refractivity contribution >= 4 is 29.8 Å². The molecule has 0 radical (unpaired) electrons. The summed E-state index contributed by atoms with van der Waals surface area (Å²) < 4.78 is 20.6. The first-order valence-electron chi connectivity index (χ1n) is 14.1. The van der Waals surface area contributed by atoms with Crippen molar-refractivity contribution < 1.29 is 42.9 Å². The van der Waals surface area contributed by atoms with E-state index in [4.69, 9.17) is 18.9 Å². The molecule has 0 aromatic rings. The second-order valence-corrected chi connectivity index (χ2v) is 10.2. The predicted octanol–water partition coefficient (Wildman–Crippen LogP) is 4.93. The molecule has 0 saturated heterocycles. The molecular formula is C29H49NO9. The van der Waals surface area contributed by atoms with Gasteiger partial charge in [0.1, 0.15) is 13.2 Å². The number of carbonyl (C=O) groups is 5. The number of amides is 1. The Bertz CT molecular complexity index is 749. The van der Waals surface area contributed by atoms with Crippen LogP contribution < -0.4 is 5.32 Å². The van der Waals surface area contributed by atoms with E-state index in [1.165, 1.54) is 6.08 Å². The Hall–Kier alpha value is -2.91. The molecule has 0 aliphatic rings. The summed E-state index contributed by atoms with van der Waals surface area (Å²) in [6.45, 7) is 12.3. The van der Waals surface area contributed by atoms with Crippen LogP contribution in [0.3, 0.4) is 0 Å². The number of carbonyl (C=O) groups excluding carboxylic acids is 5. The number of hydrogen-bond acceptors (Lipinski definition) is 9. The van der Waals surface area contributed by atoms with Crippen LogP contribution in [0.2, 0.25) is 0 Å². The molecule has 0 bridgehead atoms. The lowest BCUT2D eigenvalue weighted by Gasteiger charge is -2.21. The first-order chi connectivity index (χ1) is 18.6. The van der Waals surface area contributed by atoms with Gasteiger partial charge >= 0.3 is 24.0 Å². The van der Waals surface area contributed by atoms with E-state index in [2.05, 4.69) is 25.7 Å². The second-order valence-electron chi connectivity index (χ2n) is 10.2. The summed E-state index contributed by atoms with van der Waals surface area (Å²) in [5, 5.41) is 2.48. The molecule has 0 rings (SSSR count). The normalized spacial score (nSPS) is 11.5. The van der Waals surface area contributed by atoms with Gasteiger partial charge in [0.15, 0.2) is 5.78 Å². The van der Waals surface area contributed by atoms with Crippen LogP contribution in [0.25, 0.3) is 0 Å². The fraction of sp³-hybridized carbons (Fsp3) is 0.759. The van der Waals surface area contributed by atoms with Gasteiger partial charge in [-0.25, -0.2) is 4.79 Å². The van der Waals surface area contributed by atoms with Gasteiger partial charge in [0.05, 0.1) is 19.1 Å². The molecule has 1 amide bonds. The van der Waals surface area contributed by atoms with Crippen LogP contribution in [0, 0.1) is 17.8 Å². The van der Waals surface area contributed by atoms with Crippen LogP contribution in [0.1, 0.15) is 91.9 Å². The van der Waals surface area contributed by atoms with Crippen molar-refractivity contribution in [2.24, 2.45) is 17.8 Å². The predicted molar refractivity (Wildman–Crippen MR) is 147 cm³/mol. The average molecular weight is 556 g/mol. The Kier molecular flexibility index (Phi) is 21.3. The first kappa shape index (κ1) is 36.1. The van der Waals surface area contributed by atoms with Crippen LogP contribution >= 0.6 is 0 Å². The largest absolute Gasteiger partial charge is 0.466 e. The molecule has 0 saturated carbocycles. The maximum Gasteiger partial charge on any atom is 0.407 e. The summed E-state index contributed by atoms with van der Waals surface area (Å²) in [4.78, 5) is 58.3. The van der Waals surface area contributed by atoms with Crippen molar-refractivity contribution in [3.63, 3.8) is 0 Å². The minimum atomic E-state index is -0.572. The lowest BCUT2D eigenvalue weighted by atomic mass is 9.88. The Morgan fingerprint density at radius 2 is 1.23 bits per heavy atom. The van der Waals surface area contributed by atoms with Gasteiger partial charge in [0.2, 0.25) is 0 Å². The van der Waals surface area contributed by atoms with Crippen LogP contribution in [-0.4, -0.2) is 62.8 Å². The third-order valence-electron chi connectivity index (χ3n) is 5.84. The van der Waals surface area contributed by atoms with Gasteiger partial charge in [0.25, 0.3) is 0 Å². The Morgan fingerprint density at radius 3 is 1.77 bits per heavy atom. The van der Waals surface area contributed by atoms with E-state index in [-0.39, 0.29) is 74.7 Å². The minimum Gasteiger partial charge on any atom is -0.466 e. The van der Waals surface area contributed by atoms with Crippen LogP contribution in [-0.2, 0) is 38.1 Å². The quantitative estimate of drug-likeness (QED) is 0.0806. The number of nitrogens with one attached hydrogen (secondary N) is 1. The summed E-state index contributed by atoms with van der Waals surface area (Å²) in [7, 11) is 0. The minimum absolute atomic E-state index is 0.0479. The van der Waals surface area contributed by atoms with E-state index in [9.17, 15) is 24.0 Å². The molecule has 1 N–H and O–H groups in total. The van der Waals surface area contributed by atoms with Gasteiger partial charge in [-0.05, 0) is 62.9 Å². The molecule has 0 spiro atoms. The molecule has 10 heteroatoms. The van der Waals surface area contributed by atoms with Crippen LogP contribution in [0.15, 0.2) is 12.7 Å². The zero-order valence-electron chi connectivity index (χ0n) is 24.3. The number of alkyl carbamates (subject to hydrolysis) is 1. The molecule has 224 valence electrons. The molecular weight excluding hydrogens is 506 g/mol. The standard InChI is InChI=1S/C29H49NO9/c1-6-24(31)15-16-30-29(35)39-18-12-8-10-13-26(32)36-17-11-7-9-14-27(33)37-19-20-38-28(34)25(23(4)5)21-22(2)3/h6,22-23,25H,1,7-21H2,2-5H3,(H,30,35). The third kappa shape index (κ3) is 21.7. The molecule has 0 aromatic carbocycles. The Morgan fingerprint density at radius 1 is 0.692 bits per heavy atom. The highest BCUT2D eigenvalue weighted by Gasteiger charge is 2.24. The SMILES string of the molecule is C=CC(=O)CCNC(=O)OCCCCCC(=O)OCCCCCC(=O)OCCOC(=O)C(CC(C)C)C(C)C. The van der Waals surface area contributed by atoms with E-state index in [1.54, 1.807) is 0 Å². The van der Waals surface area contributed by atoms with Gasteiger partial charge in [-0.1, -0.05) is 34.3 Å². The van der Waals surface area contributed by atoms with E-state index in [0.717, 1.165) is 19.3 Å². The van der Waals surface area contributed by atoms with Gasteiger partial charge in [-0.3, -0.25) is 19.2 Å². The summed E-state index contributed by atoms with van der Waals surface area (Å²) in [6.07, 6.45) is 6.13. The molecule has 1 atom stereocenters. The lowest BCUT2D eigenvalue weighted by molar-refractivity contribution is -0.156. The number of ketones is 1. The van der Waals surface area contributed by atoms with Crippen molar-refractivity contribution in [3.8, 4) is 0 Å². The van der Waals surface area contributed by atoms with Crippen molar-refractivity contribution in [1.82, 2.24) is 5.32 Å². The molecule has 0 heterocycles. The van der Waals surface area contributed by atoms with Crippen LogP contribution in [0.4, 0.5) is 4.79 Å². The maximum absolute atomic E-state index is 12.2. The first-order valence-corrected chi connectivity index (χ1v) is 14.1. The number of rotatable bonds is 23. The molecule has 39 heavy (non-hydrogen) atoms. The second kappa shape index (κ2) is 23.0. The molecule has 10 nitrogen and oxygen atoms in total. The number of hydrogen-bond donors (Lipinski definition) is 1.